The molecule has 0 aromatic rings. The highest BCUT2D eigenvalue weighted by Gasteiger charge is 2.31. The molecule has 0 aromatic heterocycles. The maximum Gasteiger partial charge on any atom is 0.184 e. The summed E-state index contributed by atoms with van der Waals surface area (Å²) in [6.07, 6.45) is 2.23. The topological polar surface area (TPSA) is 37.3 Å². The number of aliphatic hydroxyl groups excluding tert-OH is 1. The first kappa shape index (κ1) is 10.6. The van der Waals surface area contributed by atoms with E-state index in [1.54, 1.807) is 0 Å². The molecule has 0 heterocycles. The lowest BCUT2D eigenvalue weighted by atomic mass is 9.83. The van der Waals surface area contributed by atoms with Crippen LogP contribution in [0.2, 0.25) is 0 Å². The van der Waals surface area contributed by atoms with Crippen molar-refractivity contribution in [2.24, 2.45) is 5.92 Å². The lowest BCUT2D eigenvalue weighted by Crippen LogP contribution is -2.36. The summed E-state index contributed by atoms with van der Waals surface area (Å²) in [6, 6.07) is 0. The molecular formula is C10H17FO2. The molecule has 0 bridgehead atoms. The molecule has 0 saturated heterocycles. The van der Waals surface area contributed by atoms with E-state index in [0.29, 0.717) is 0 Å². The van der Waals surface area contributed by atoms with Gasteiger partial charge in [-0.05, 0) is 25.7 Å². The van der Waals surface area contributed by atoms with Crippen molar-refractivity contribution in [1.29, 1.82) is 0 Å². The van der Waals surface area contributed by atoms with Crippen LogP contribution in [0.3, 0.4) is 0 Å². The normalized spacial score (nSPS) is 23.9. The molecule has 13 heavy (non-hydrogen) atoms. The highest BCUT2D eigenvalue weighted by atomic mass is 19.1. The van der Waals surface area contributed by atoms with Crippen LogP contribution >= 0.6 is 0 Å². The first-order valence-corrected chi connectivity index (χ1v) is 4.95. The lowest BCUT2D eigenvalue weighted by molar-refractivity contribution is -0.127. The summed E-state index contributed by atoms with van der Waals surface area (Å²) >= 11 is 0. The molecule has 3 heteroatoms. The van der Waals surface area contributed by atoms with E-state index in [1.165, 1.54) is 13.3 Å². The maximum absolute atomic E-state index is 13.1. The maximum atomic E-state index is 13.1. The highest BCUT2D eigenvalue weighted by Crippen LogP contribution is 2.28. The average Bonchev–Trinajstić information content (AvgIpc) is 2.17. The minimum atomic E-state index is -1.68. The molecule has 1 fully saturated rings. The number of halogens is 1. The van der Waals surface area contributed by atoms with Crippen LogP contribution in [-0.2, 0) is 4.79 Å². The van der Waals surface area contributed by atoms with Crippen molar-refractivity contribution < 1.29 is 14.3 Å². The van der Waals surface area contributed by atoms with E-state index in [2.05, 4.69) is 0 Å². The molecule has 0 unspecified atom stereocenters. The van der Waals surface area contributed by atoms with Gasteiger partial charge in [-0.25, -0.2) is 4.39 Å². The van der Waals surface area contributed by atoms with Crippen molar-refractivity contribution in [3.63, 3.8) is 0 Å². The number of hydrogen-bond acceptors (Lipinski definition) is 2. The van der Waals surface area contributed by atoms with Crippen LogP contribution in [0.15, 0.2) is 0 Å². The summed E-state index contributed by atoms with van der Waals surface area (Å²) in [5, 5.41) is 9.52. The Hall–Kier alpha value is -0.440. The fourth-order valence-electron chi connectivity index (χ4n) is 1.96. The standard InChI is InChI=1S/C10H17FO2/c1-7(12)9(11)10(13)8-5-3-2-4-6-8/h8-10,13H,2-6H2,1H3/t9-,10+/m0/s1. The summed E-state index contributed by atoms with van der Waals surface area (Å²) in [5.74, 6) is -0.564. The molecule has 76 valence electrons. The summed E-state index contributed by atoms with van der Waals surface area (Å²) in [6.45, 7) is 1.19. The third-order valence-electron chi connectivity index (χ3n) is 2.82. The van der Waals surface area contributed by atoms with Gasteiger partial charge in [-0.3, -0.25) is 4.79 Å². The first-order chi connectivity index (χ1) is 6.13. The fraction of sp³-hybridized carbons (Fsp3) is 0.900. The van der Waals surface area contributed by atoms with Crippen molar-refractivity contribution in [1.82, 2.24) is 0 Å². The van der Waals surface area contributed by atoms with Crippen LogP contribution in [-0.4, -0.2) is 23.2 Å². The second kappa shape index (κ2) is 4.70. The third kappa shape index (κ3) is 2.76. The molecule has 0 amide bonds. The van der Waals surface area contributed by atoms with Crippen LogP contribution in [0.5, 0.6) is 0 Å². The van der Waals surface area contributed by atoms with Crippen LogP contribution in [0, 0.1) is 5.92 Å². The predicted octanol–water partition coefficient (Wildman–Crippen LogP) is 1.85. The van der Waals surface area contributed by atoms with E-state index < -0.39 is 18.1 Å². The second-order valence-electron chi connectivity index (χ2n) is 3.90. The van der Waals surface area contributed by atoms with Gasteiger partial charge in [0.1, 0.15) is 0 Å². The summed E-state index contributed by atoms with van der Waals surface area (Å²) < 4.78 is 13.1. The number of aliphatic hydroxyl groups is 1. The molecule has 0 aromatic carbocycles. The van der Waals surface area contributed by atoms with Gasteiger partial charge in [0, 0.05) is 0 Å². The van der Waals surface area contributed by atoms with E-state index in [9.17, 15) is 14.3 Å². The van der Waals surface area contributed by atoms with Gasteiger partial charge in [-0.15, -0.1) is 0 Å². The van der Waals surface area contributed by atoms with Gasteiger partial charge in [-0.2, -0.15) is 0 Å². The van der Waals surface area contributed by atoms with Gasteiger partial charge >= 0.3 is 0 Å². The molecule has 0 aliphatic heterocycles. The SMILES string of the molecule is CC(=O)[C@H](F)[C@H](O)C1CCCCC1. The Morgan fingerprint density at radius 1 is 1.38 bits per heavy atom. The van der Waals surface area contributed by atoms with Crippen molar-refractivity contribution >= 4 is 5.78 Å². The Kier molecular flexibility index (Phi) is 3.85. The minimum Gasteiger partial charge on any atom is -0.389 e. The van der Waals surface area contributed by atoms with Crippen molar-refractivity contribution in [2.75, 3.05) is 0 Å². The van der Waals surface area contributed by atoms with Crippen LogP contribution in [0.25, 0.3) is 0 Å². The lowest BCUT2D eigenvalue weighted by Gasteiger charge is -2.27. The number of Topliss-reactive ketones (excluding diaryl/α,β-unsaturated/α-hetero) is 1. The third-order valence-corrected chi connectivity index (χ3v) is 2.82. The number of alkyl halides is 1. The van der Waals surface area contributed by atoms with Gasteiger partial charge < -0.3 is 5.11 Å². The Morgan fingerprint density at radius 3 is 2.38 bits per heavy atom. The van der Waals surface area contributed by atoms with Gasteiger partial charge in [-0.1, -0.05) is 19.3 Å². The molecule has 0 spiro atoms. The van der Waals surface area contributed by atoms with E-state index in [4.69, 9.17) is 0 Å². The molecule has 1 aliphatic carbocycles. The summed E-state index contributed by atoms with van der Waals surface area (Å²) in [5.41, 5.74) is 0. The Bertz CT molecular complexity index is 176. The number of carbonyl (C=O) groups is 1. The zero-order valence-corrected chi connectivity index (χ0v) is 8.00. The van der Waals surface area contributed by atoms with Gasteiger partial charge in [0.15, 0.2) is 12.0 Å². The molecule has 1 rings (SSSR count). The van der Waals surface area contributed by atoms with E-state index in [0.717, 1.165) is 25.7 Å². The van der Waals surface area contributed by atoms with Gasteiger partial charge in [0.25, 0.3) is 0 Å². The van der Waals surface area contributed by atoms with E-state index in [-0.39, 0.29) is 5.92 Å². The van der Waals surface area contributed by atoms with Crippen LogP contribution in [0.1, 0.15) is 39.0 Å². The predicted molar refractivity (Wildman–Crippen MR) is 48.2 cm³/mol. The van der Waals surface area contributed by atoms with Crippen molar-refractivity contribution in [3.05, 3.63) is 0 Å². The van der Waals surface area contributed by atoms with Crippen LogP contribution in [0.4, 0.5) is 4.39 Å². The van der Waals surface area contributed by atoms with Crippen LogP contribution < -0.4 is 0 Å². The Labute approximate surface area is 78.1 Å². The molecule has 1 aliphatic rings. The number of rotatable bonds is 3. The van der Waals surface area contributed by atoms with E-state index >= 15 is 0 Å². The number of ketones is 1. The van der Waals surface area contributed by atoms with E-state index in [1.807, 2.05) is 0 Å². The molecule has 2 atom stereocenters. The fourth-order valence-corrected chi connectivity index (χ4v) is 1.96. The largest absolute Gasteiger partial charge is 0.389 e. The molecule has 2 nitrogen and oxygen atoms in total. The quantitative estimate of drug-likeness (QED) is 0.734. The van der Waals surface area contributed by atoms with Crippen molar-refractivity contribution in [3.8, 4) is 0 Å². The molecule has 1 N–H and O–H groups in total. The summed E-state index contributed by atoms with van der Waals surface area (Å²) in [7, 11) is 0. The first-order valence-electron chi connectivity index (χ1n) is 4.95. The molecule has 0 radical (unpaired) electrons. The number of carbonyl (C=O) groups excluding carboxylic acids is 1. The number of hydrogen-bond donors (Lipinski definition) is 1. The zero-order chi connectivity index (χ0) is 9.84. The molecule has 1 saturated carbocycles. The minimum absolute atomic E-state index is 0.00681. The van der Waals surface area contributed by atoms with Gasteiger partial charge in [0.2, 0.25) is 0 Å². The average molecular weight is 188 g/mol. The Morgan fingerprint density at radius 2 is 1.92 bits per heavy atom. The second-order valence-corrected chi connectivity index (χ2v) is 3.90. The zero-order valence-electron chi connectivity index (χ0n) is 8.00. The highest BCUT2D eigenvalue weighted by molar-refractivity contribution is 5.80. The van der Waals surface area contributed by atoms with Crippen molar-refractivity contribution in [2.45, 2.75) is 51.3 Å². The molecular weight excluding hydrogens is 171 g/mol. The Balaban J connectivity index is 2.44. The smallest absolute Gasteiger partial charge is 0.184 e. The summed E-state index contributed by atoms with van der Waals surface area (Å²) in [4.78, 5) is 10.7. The van der Waals surface area contributed by atoms with Gasteiger partial charge in [0.05, 0.1) is 6.10 Å². The monoisotopic (exact) mass is 188 g/mol.